The SMILES string of the molecule is COc1ccc(C(=O)N2CCCC2CN2CCCC2)cc1[N+](=O)[O-]. The highest BCUT2D eigenvalue weighted by molar-refractivity contribution is 5.95. The van der Waals surface area contributed by atoms with Crippen molar-refractivity contribution in [1.29, 1.82) is 0 Å². The molecule has 7 nitrogen and oxygen atoms in total. The third kappa shape index (κ3) is 3.36. The second-order valence-electron chi connectivity index (χ2n) is 6.45. The fourth-order valence-corrected chi connectivity index (χ4v) is 3.69. The van der Waals surface area contributed by atoms with Gasteiger partial charge in [-0.1, -0.05) is 0 Å². The Morgan fingerprint density at radius 1 is 1.29 bits per heavy atom. The Balaban J connectivity index is 1.77. The maximum absolute atomic E-state index is 12.8. The molecule has 1 aromatic rings. The van der Waals surface area contributed by atoms with E-state index in [0.29, 0.717) is 5.56 Å². The van der Waals surface area contributed by atoms with Crippen molar-refractivity contribution in [2.75, 3.05) is 33.3 Å². The number of rotatable bonds is 5. The number of hydrogen-bond donors (Lipinski definition) is 0. The Bertz CT molecular complexity index is 628. The standard InChI is InChI=1S/C17H23N3O4/c1-24-16-7-6-13(11-15(16)20(22)23)17(21)19-10-4-5-14(19)12-18-8-2-3-9-18/h6-7,11,14H,2-5,8-10,12H2,1H3. The number of methoxy groups -OCH3 is 1. The summed E-state index contributed by atoms with van der Waals surface area (Å²) in [6.45, 7) is 3.83. The van der Waals surface area contributed by atoms with Crippen LogP contribution in [0.15, 0.2) is 18.2 Å². The smallest absolute Gasteiger partial charge is 0.311 e. The van der Waals surface area contributed by atoms with E-state index in [1.807, 2.05) is 4.90 Å². The van der Waals surface area contributed by atoms with Crippen molar-refractivity contribution in [3.8, 4) is 5.75 Å². The van der Waals surface area contributed by atoms with E-state index in [0.717, 1.165) is 39.0 Å². The van der Waals surface area contributed by atoms with E-state index in [-0.39, 0.29) is 23.4 Å². The second kappa shape index (κ2) is 7.17. The quantitative estimate of drug-likeness (QED) is 0.610. The summed E-state index contributed by atoms with van der Waals surface area (Å²) >= 11 is 0. The van der Waals surface area contributed by atoms with Gasteiger partial charge in [0.25, 0.3) is 5.91 Å². The molecule has 0 aliphatic carbocycles. The van der Waals surface area contributed by atoms with E-state index >= 15 is 0 Å². The maximum atomic E-state index is 12.8. The number of hydrogen-bond acceptors (Lipinski definition) is 5. The van der Waals surface area contributed by atoms with Gasteiger partial charge in [-0.15, -0.1) is 0 Å². The molecular weight excluding hydrogens is 310 g/mol. The van der Waals surface area contributed by atoms with E-state index in [4.69, 9.17) is 4.74 Å². The lowest BCUT2D eigenvalue weighted by atomic mass is 10.1. The number of nitrogens with zero attached hydrogens (tertiary/aromatic N) is 3. The molecule has 0 bridgehead atoms. The highest BCUT2D eigenvalue weighted by Gasteiger charge is 2.32. The predicted molar refractivity (Wildman–Crippen MR) is 89.4 cm³/mol. The highest BCUT2D eigenvalue weighted by atomic mass is 16.6. The molecule has 0 saturated carbocycles. The lowest BCUT2D eigenvalue weighted by Crippen LogP contribution is -2.42. The summed E-state index contributed by atoms with van der Waals surface area (Å²) in [6.07, 6.45) is 4.44. The third-order valence-electron chi connectivity index (χ3n) is 4.93. The summed E-state index contributed by atoms with van der Waals surface area (Å²) in [5.41, 5.74) is 0.189. The van der Waals surface area contributed by atoms with Gasteiger partial charge in [0, 0.05) is 30.8 Å². The first-order valence-electron chi connectivity index (χ1n) is 8.46. The molecule has 1 amide bonds. The summed E-state index contributed by atoms with van der Waals surface area (Å²) in [5.74, 6) is 0.0500. The molecule has 1 aromatic carbocycles. The van der Waals surface area contributed by atoms with Crippen LogP contribution in [0.2, 0.25) is 0 Å². The largest absolute Gasteiger partial charge is 0.490 e. The first-order valence-corrected chi connectivity index (χ1v) is 8.46. The van der Waals surface area contributed by atoms with Gasteiger partial charge in [0.05, 0.1) is 12.0 Å². The molecule has 1 atom stereocenters. The van der Waals surface area contributed by atoms with Gasteiger partial charge in [-0.3, -0.25) is 14.9 Å². The van der Waals surface area contributed by atoms with Gasteiger partial charge in [-0.2, -0.15) is 0 Å². The number of likely N-dealkylation sites (tertiary alicyclic amines) is 2. The number of nitro groups is 1. The maximum Gasteiger partial charge on any atom is 0.311 e. The molecule has 0 spiro atoms. The number of carbonyl (C=O) groups excluding carboxylic acids is 1. The zero-order valence-electron chi connectivity index (χ0n) is 13.9. The molecule has 130 valence electrons. The zero-order valence-corrected chi connectivity index (χ0v) is 13.9. The molecule has 3 rings (SSSR count). The predicted octanol–water partition coefficient (Wildman–Crippen LogP) is 2.30. The number of carbonyl (C=O) groups is 1. The summed E-state index contributed by atoms with van der Waals surface area (Å²) in [6, 6.07) is 4.64. The molecule has 1 unspecified atom stereocenters. The summed E-state index contributed by atoms with van der Waals surface area (Å²) in [4.78, 5) is 27.8. The fourth-order valence-electron chi connectivity index (χ4n) is 3.69. The van der Waals surface area contributed by atoms with Crippen molar-refractivity contribution >= 4 is 11.6 Å². The summed E-state index contributed by atoms with van der Waals surface area (Å²) in [7, 11) is 1.39. The Morgan fingerprint density at radius 3 is 2.71 bits per heavy atom. The lowest BCUT2D eigenvalue weighted by molar-refractivity contribution is -0.385. The minimum absolute atomic E-state index is 0.123. The van der Waals surface area contributed by atoms with Crippen LogP contribution < -0.4 is 4.74 Å². The van der Waals surface area contributed by atoms with Crippen LogP contribution in [-0.2, 0) is 0 Å². The van der Waals surface area contributed by atoms with E-state index in [1.54, 1.807) is 6.07 Å². The average molecular weight is 333 g/mol. The zero-order chi connectivity index (χ0) is 17.1. The van der Waals surface area contributed by atoms with E-state index in [1.165, 1.54) is 32.1 Å². The molecular formula is C17H23N3O4. The molecule has 7 heteroatoms. The Morgan fingerprint density at radius 2 is 2.04 bits per heavy atom. The van der Waals surface area contributed by atoms with E-state index in [2.05, 4.69) is 4.90 Å². The Hall–Kier alpha value is -2.15. The lowest BCUT2D eigenvalue weighted by Gasteiger charge is -2.28. The van der Waals surface area contributed by atoms with Crippen molar-refractivity contribution in [3.63, 3.8) is 0 Å². The number of nitro benzene ring substituents is 1. The molecule has 2 fully saturated rings. The minimum atomic E-state index is -0.513. The molecule has 2 aliphatic rings. The topological polar surface area (TPSA) is 75.9 Å². The summed E-state index contributed by atoms with van der Waals surface area (Å²) < 4.78 is 5.00. The number of benzene rings is 1. The number of amides is 1. The monoisotopic (exact) mass is 333 g/mol. The van der Waals surface area contributed by atoms with Gasteiger partial charge in [-0.05, 0) is 50.9 Å². The average Bonchev–Trinajstić information content (AvgIpc) is 3.26. The van der Waals surface area contributed by atoms with Crippen LogP contribution in [0.3, 0.4) is 0 Å². The molecule has 0 radical (unpaired) electrons. The first-order chi connectivity index (χ1) is 11.6. The van der Waals surface area contributed by atoms with Crippen molar-refractivity contribution in [2.24, 2.45) is 0 Å². The highest BCUT2D eigenvalue weighted by Crippen LogP contribution is 2.29. The van der Waals surface area contributed by atoms with Crippen LogP contribution in [0.25, 0.3) is 0 Å². The van der Waals surface area contributed by atoms with Crippen LogP contribution in [-0.4, -0.2) is 60.0 Å². The van der Waals surface area contributed by atoms with Crippen LogP contribution >= 0.6 is 0 Å². The van der Waals surface area contributed by atoms with Gasteiger partial charge in [0.2, 0.25) is 0 Å². The van der Waals surface area contributed by atoms with Crippen molar-refractivity contribution in [3.05, 3.63) is 33.9 Å². The molecule has 2 aliphatic heterocycles. The van der Waals surface area contributed by atoms with E-state index < -0.39 is 4.92 Å². The Labute approximate surface area is 141 Å². The second-order valence-corrected chi connectivity index (χ2v) is 6.45. The van der Waals surface area contributed by atoms with E-state index in [9.17, 15) is 14.9 Å². The molecule has 2 heterocycles. The van der Waals surface area contributed by atoms with Gasteiger partial charge < -0.3 is 14.5 Å². The van der Waals surface area contributed by atoms with Crippen molar-refractivity contribution in [1.82, 2.24) is 9.80 Å². The van der Waals surface area contributed by atoms with Crippen molar-refractivity contribution in [2.45, 2.75) is 31.7 Å². The van der Waals surface area contributed by atoms with Crippen LogP contribution in [0.4, 0.5) is 5.69 Å². The number of ether oxygens (including phenoxy) is 1. The molecule has 2 saturated heterocycles. The summed E-state index contributed by atoms with van der Waals surface area (Å²) in [5, 5.41) is 11.2. The van der Waals surface area contributed by atoms with Gasteiger partial charge >= 0.3 is 5.69 Å². The van der Waals surface area contributed by atoms with Crippen LogP contribution in [0.1, 0.15) is 36.0 Å². The Kier molecular flexibility index (Phi) is 4.99. The minimum Gasteiger partial charge on any atom is -0.490 e. The molecule has 24 heavy (non-hydrogen) atoms. The third-order valence-corrected chi connectivity index (χ3v) is 4.93. The van der Waals surface area contributed by atoms with Crippen LogP contribution in [0, 0.1) is 10.1 Å². The van der Waals surface area contributed by atoms with Gasteiger partial charge in [0.15, 0.2) is 5.75 Å². The van der Waals surface area contributed by atoms with Crippen molar-refractivity contribution < 1.29 is 14.5 Å². The van der Waals surface area contributed by atoms with Crippen LogP contribution in [0.5, 0.6) is 5.75 Å². The fraction of sp³-hybridized carbons (Fsp3) is 0.588. The first kappa shape index (κ1) is 16.7. The normalized spacial score (nSPS) is 21.2. The molecule has 0 N–H and O–H groups in total. The van der Waals surface area contributed by atoms with Gasteiger partial charge in [0.1, 0.15) is 0 Å². The molecule has 0 aromatic heterocycles. The van der Waals surface area contributed by atoms with Gasteiger partial charge in [-0.25, -0.2) is 0 Å².